The Morgan fingerprint density at radius 1 is 1.15 bits per heavy atom. The van der Waals surface area contributed by atoms with Gasteiger partial charge in [0.15, 0.2) is 29.3 Å². The van der Waals surface area contributed by atoms with E-state index in [1.807, 2.05) is 18.2 Å². The molecule has 3 aliphatic rings. The first-order valence-electron chi connectivity index (χ1n) is 8.95. The van der Waals surface area contributed by atoms with Gasteiger partial charge >= 0.3 is 0 Å². The van der Waals surface area contributed by atoms with Crippen molar-refractivity contribution in [2.24, 2.45) is 0 Å². The number of benzene rings is 2. The number of hydrogen-bond acceptors (Lipinski definition) is 7. The zero-order valence-corrected chi connectivity index (χ0v) is 15.2. The average Bonchev–Trinajstić information content (AvgIpc) is 3.10. The number of nitrogens with one attached hydrogen (secondary N) is 1. The number of ether oxygens (including phenoxy) is 5. The summed E-state index contributed by atoms with van der Waals surface area (Å²) in [5.41, 5.74) is 3.95. The maximum atomic E-state index is 10.3. The maximum Gasteiger partial charge on any atom is 0.231 e. The standard InChI is InChI=1S/C20H21NO6/c1-23-15-7-10-5-6-21-17-11-3-4-14-19(26-9-25-14)16(11)20(24-2)27-18(17)12(10)8-13(15)22/h3-4,7-8,17-18,20-22H,5-6,9H2,1-2H3/t17-,18?,20?/m1/s1. The summed E-state index contributed by atoms with van der Waals surface area (Å²) >= 11 is 0. The van der Waals surface area contributed by atoms with Crippen molar-refractivity contribution < 1.29 is 28.8 Å². The number of methoxy groups -OCH3 is 2. The molecule has 0 aromatic heterocycles. The first kappa shape index (κ1) is 16.7. The molecule has 0 spiro atoms. The zero-order valence-electron chi connectivity index (χ0n) is 15.2. The van der Waals surface area contributed by atoms with E-state index < -0.39 is 6.29 Å². The predicted octanol–water partition coefficient (Wildman–Crippen LogP) is 2.73. The van der Waals surface area contributed by atoms with Crippen molar-refractivity contribution in [3.63, 3.8) is 0 Å². The van der Waals surface area contributed by atoms with Crippen LogP contribution in [0.4, 0.5) is 0 Å². The van der Waals surface area contributed by atoms with Crippen molar-refractivity contribution in [2.45, 2.75) is 24.9 Å². The Bertz CT molecular complexity index is 899. The van der Waals surface area contributed by atoms with Gasteiger partial charge < -0.3 is 34.1 Å². The monoisotopic (exact) mass is 371 g/mol. The van der Waals surface area contributed by atoms with Crippen molar-refractivity contribution in [3.05, 3.63) is 46.5 Å². The molecule has 0 radical (unpaired) electrons. The quantitative estimate of drug-likeness (QED) is 0.840. The van der Waals surface area contributed by atoms with E-state index in [0.717, 1.165) is 35.2 Å². The normalized spacial score (nSPS) is 25.2. The summed E-state index contributed by atoms with van der Waals surface area (Å²) in [6.45, 7) is 0.969. The molecule has 7 heteroatoms. The summed E-state index contributed by atoms with van der Waals surface area (Å²) in [4.78, 5) is 0. The number of hydrogen-bond donors (Lipinski definition) is 2. The lowest BCUT2D eigenvalue weighted by atomic mass is 9.87. The third-order valence-electron chi connectivity index (χ3n) is 5.47. The summed E-state index contributed by atoms with van der Waals surface area (Å²) in [5, 5.41) is 13.9. The van der Waals surface area contributed by atoms with Gasteiger partial charge in [-0.2, -0.15) is 0 Å². The van der Waals surface area contributed by atoms with Gasteiger partial charge in [-0.05, 0) is 47.9 Å². The van der Waals surface area contributed by atoms with Crippen LogP contribution in [0.15, 0.2) is 24.3 Å². The second-order valence-corrected chi connectivity index (χ2v) is 6.83. The molecule has 2 aromatic rings. The number of aromatic hydroxyl groups is 1. The minimum Gasteiger partial charge on any atom is -0.504 e. The average molecular weight is 371 g/mol. The van der Waals surface area contributed by atoms with E-state index in [9.17, 15) is 5.11 Å². The summed E-state index contributed by atoms with van der Waals surface area (Å²) in [6.07, 6.45) is -0.0909. The molecule has 27 heavy (non-hydrogen) atoms. The zero-order chi connectivity index (χ0) is 18.5. The van der Waals surface area contributed by atoms with Gasteiger partial charge in [-0.1, -0.05) is 6.07 Å². The van der Waals surface area contributed by atoms with E-state index in [0.29, 0.717) is 17.2 Å². The molecule has 2 N–H and O–H groups in total. The van der Waals surface area contributed by atoms with E-state index in [-0.39, 0.29) is 24.7 Å². The summed E-state index contributed by atoms with van der Waals surface area (Å²) < 4.78 is 28.5. The van der Waals surface area contributed by atoms with Gasteiger partial charge in [0.05, 0.1) is 18.7 Å². The molecule has 2 unspecified atom stereocenters. The largest absolute Gasteiger partial charge is 0.504 e. The molecule has 142 valence electrons. The van der Waals surface area contributed by atoms with Crippen LogP contribution in [0.25, 0.3) is 0 Å². The molecule has 7 nitrogen and oxygen atoms in total. The smallest absolute Gasteiger partial charge is 0.231 e. The molecule has 3 atom stereocenters. The Hall–Kier alpha value is -2.48. The summed E-state index contributed by atoms with van der Waals surface area (Å²) in [5.74, 6) is 1.96. The third-order valence-corrected chi connectivity index (χ3v) is 5.47. The van der Waals surface area contributed by atoms with Gasteiger partial charge in [0.2, 0.25) is 6.79 Å². The Balaban J connectivity index is 1.66. The maximum absolute atomic E-state index is 10.3. The van der Waals surface area contributed by atoms with Gasteiger partial charge in [0, 0.05) is 7.11 Å². The SMILES string of the molecule is COc1cc2c(cc1O)C1OC(OC)c3c(ccc4c3OCO4)[C@H]1NCC2. The minimum atomic E-state index is -0.588. The Morgan fingerprint density at radius 2 is 2.04 bits per heavy atom. The van der Waals surface area contributed by atoms with Crippen molar-refractivity contribution in [1.29, 1.82) is 0 Å². The van der Waals surface area contributed by atoms with Crippen LogP contribution < -0.4 is 19.5 Å². The predicted molar refractivity (Wildman–Crippen MR) is 95.2 cm³/mol. The number of phenolic OH excluding ortho intramolecular Hbond substituents is 1. The number of fused-ring (bicyclic) bond motifs is 7. The van der Waals surface area contributed by atoms with E-state index in [1.54, 1.807) is 20.3 Å². The Labute approximate surface area is 156 Å². The van der Waals surface area contributed by atoms with Crippen LogP contribution in [0.2, 0.25) is 0 Å². The lowest BCUT2D eigenvalue weighted by Gasteiger charge is -2.38. The number of rotatable bonds is 2. The fourth-order valence-electron chi connectivity index (χ4n) is 4.24. The Kier molecular flexibility index (Phi) is 3.89. The van der Waals surface area contributed by atoms with Crippen LogP contribution in [-0.2, 0) is 15.9 Å². The third kappa shape index (κ3) is 2.46. The fourth-order valence-corrected chi connectivity index (χ4v) is 4.24. The van der Waals surface area contributed by atoms with E-state index in [1.165, 1.54) is 0 Å². The second kappa shape index (κ2) is 6.30. The van der Waals surface area contributed by atoms with Crippen molar-refractivity contribution in [2.75, 3.05) is 27.6 Å². The van der Waals surface area contributed by atoms with E-state index in [4.69, 9.17) is 23.7 Å². The Morgan fingerprint density at radius 3 is 2.85 bits per heavy atom. The molecule has 0 bridgehead atoms. The highest BCUT2D eigenvalue weighted by atomic mass is 16.7. The topological polar surface area (TPSA) is 78.4 Å². The van der Waals surface area contributed by atoms with Gasteiger partial charge in [0.1, 0.15) is 6.10 Å². The summed E-state index contributed by atoms with van der Waals surface area (Å²) in [7, 11) is 3.16. The summed E-state index contributed by atoms with van der Waals surface area (Å²) in [6, 6.07) is 7.50. The highest BCUT2D eigenvalue weighted by Crippen LogP contribution is 2.53. The molecule has 0 saturated heterocycles. The lowest BCUT2D eigenvalue weighted by Crippen LogP contribution is -2.34. The van der Waals surface area contributed by atoms with Crippen LogP contribution in [0, 0.1) is 0 Å². The highest BCUT2D eigenvalue weighted by molar-refractivity contribution is 5.56. The highest BCUT2D eigenvalue weighted by Gasteiger charge is 2.42. The minimum absolute atomic E-state index is 0.0880. The second-order valence-electron chi connectivity index (χ2n) is 6.83. The van der Waals surface area contributed by atoms with E-state index >= 15 is 0 Å². The number of phenols is 1. The molecule has 0 saturated carbocycles. The molecule has 3 aliphatic heterocycles. The van der Waals surface area contributed by atoms with E-state index in [2.05, 4.69) is 5.32 Å². The molecule has 3 heterocycles. The molecular weight excluding hydrogens is 350 g/mol. The van der Waals surface area contributed by atoms with Gasteiger partial charge in [-0.25, -0.2) is 0 Å². The van der Waals surface area contributed by atoms with Crippen molar-refractivity contribution >= 4 is 0 Å². The van der Waals surface area contributed by atoms with Crippen LogP contribution in [0.3, 0.4) is 0 Å². The van der Waals surface area contributed by atoms with Crippen LogP contribution in [0.1, 0.15) is 40.7 Å². The molecular formula is C20H21NO6. The van der Waals surface area contributed by atoms with Gasteiger partial charge in [-0.15, -0.1) is 0 Å². The first-order chi connectivity index (χ1) is 13.2. The van der Waals surface area contributed by atoms with Crippen molar-refractivity contribution in [3.8, 4) is 23.0 Å². The van der Waals surface area contributed by atoms with Gasteiger partial charge in [0.25, 0.3) is 0 Å². The fraction of sp³-hybridized carbons (Fsp3) is 0.400. The molecule has 0 amide bonds. The van der Waals surface area contributed by atoms with Gasteiger partial charge in [-0.3, -0.25) is 0 Å². The molecule has 0 fully saturated rings. The van der Waals surface area contributed by atoms with Crippen molar-refractivity contribution in [1.82, 2.24) is 5.32 Å². The van der Waals surface area contributed by atoms with Crippen LogP contribution in [-0.4, -0.2) is 32.7 Å². The van der Waals surface area contributed by atoms with Crippen LogP contribution in [0.5, 0.6) is 23.0 Å². The molecule has 5 rings (SSSR count). The lowest BCUT2D eigenvalue weighted by molar-refractivity contribution is -0.181. The van der Waals surface area contributed by atoms with Crippen LogP contribution >= 0.6 is 0 Å². The molecule has 0 aliphatic carbocycles. The first-order valence-corrected chi connectivity index (χ1v) is 8.95. The molecule has 2 aromatic carbocycles.